The molecule has 122 valence electrons. The van der Waals surface area contributed by atoms with E-state index in [1.54, 1.807) is 6.92 Å². The van der Waals surface area contributed by atoms with Crippen molar-refractivity contribution >= 4 is 34.5 Å². The van der Waals surface area contributed by atoms with Crippen LogP contribution in [-0.2, 0) is 0 Å². The molecule has 0 aliphatic rings. The van der Waals surface area contributed by atoms with Crippen LogP contribution in [0.25, 0.3) is 5.65 Å². The second-order valence-electron chi connectivity index (χ2n) is 5.00. The Morgan fingerprint density at radius 1 is 1.38 bits per heavy atom. The second-order valence-corrected chi connectivity index (χ2v) is 5.40. The van der Waals surface area contributed by atoms with Gasteiger partial charge in [-0.3, -0.25) is 19.3 Å². The van der Waals surface area contributed by atoms with E-state index in [1.807, 2.05) is 0 Å². The number of benzene rings is 1. The first kappa shape index (κ1) is 15.9. The summed E-state index contributed by atoms with van der Waals surface area (Å²) in [5.41, 5.74) is 1.01. The largest absolute Gasteiger partial charge is 0.319 e. The van der Waals surface area contributed by atoms with Gasteiger partial charge in [-0.2, -0.15) is 0 Å². The summed E-state index contributed by atoms with van der Waals surface area (Å²) in [5, 5.41) is 13.3. The molecule has 1 amide bonds. The Labute approximate surface area is 139 Å². The molecule has 0 spiro atoms. The molecule has 9 heteroatoms. The van der Waals surface area contributed by atoms with E-state index in [-0.39, 0.29) is 22.1 Å². The van der Waals surface area contributed by atoms with Gasteiger partial charge in [-0.1, -0.05) is 11.6 Å². The number of fused-ring (bicyclic) bond motifs is 1. The van der Waals surface area contributed by atoms with Gasteiger partial charge >= 0.3 is 0 Å². The van der Waals surface area contributed by atoms with Gasteiger partial charge in [-0.15, -0.1) is 0 Å². The monoisotopic (exact) mass is 348 g/mol. The number of amides is 1. The van der Waals surface area contributed by atoms with Gasteiger partial charge in [-0.25, -0.2) is 9.37 Å². The van der Waals surface area contributed by atoms with Crippen LogP contribution in [-0.4, -0.2) is 20.2 Å². The van der Waals surface area contributed by atoms with Crippen molar-refractivity contribution in [3.63, 3.8) is 0 Å². The van der Waals surface area contributed by atoms with Gasteiger partial charge in [0.05, 0.1) is 21.3 Å². The smallest absolute Gasteiger partial charge is 0.274 e. The molecule has 0 saturated carbocycles. The number of aromatic nitrogens is 2. The van der Waals surface area contributed by atoms with E-state index in [0.29, 0.717) is 11.3 Å². The van der Waals surface area contributed by atoms with Crippen LogP contribution in [0.15, 0.2) is 36.5 Å². The number of imidazole rings is 1. The maximum Gasteiger partial charge on any atom is 0.274 e. The molecule has 0 radical (unpaired) electrons. The highest BCUT2D eigenvalue weighted by Gasteiger charge is 2.19. The van der Waals surface area contributed by atoms with E-state index in [4.69, 9.17) is 11.6 Å². The number of pyridine rings is 1. The lowest BCUT2D eigenvalue weighted by atomic mass is 10.2. The fraction of sp³-hybridized carbons (Fsp3) is 0.0667. The average Bonchev–Trinajstić information content (AvgIpc) is 2.84. The molecule has 7 nitrogen and oxygen atoms in total. The molecule has 2 aromatic heterocycles. The van der Waals surface area contributed by atoms with Crippen molar-refractivity contribution in [3.05, 3.63) is 68.9 Å². The number of carbonyl (C=O) groups is 1. The van der Waals surface area contributed by atoms with Crippen LogP contribution in [0.1, 0.15) is 16.2 Å². The van der Waals surface area contributed by atoms with Crippen molar-refractivity contribution in [1.82, 2.24) is 9.38 Å². The summed E-state index contributed by atoms with van der Waals surface area (Å²) in [7, 11) is 0. The zero-order valence-electron chi connectivity index (χ0n) is 12.3. The quantitative estimate of drug-likeness (QED) is 0.578. The fourth-order valence-electron chi connectivity index (χ4n) is 2.31. The molecule has 2 heterocycles. The molecule has 1 N–H and O–H groups in total. The lowest BCUT2D eigenvalue weighted by Gasteiger charge is -2.08. The number of carbonyl (C=O) groups excluding carboxylic acids is 1. The molecule has 3 rings (SSSR count). The van der Waals surface area contributed by atoms with E-state index >= 15 is 0 Å². The van der Waals surface area contributed by atoms with Gasteiger partial charge in [0, 0.05) is 18.3 Å². The van der Waals surface area contributed by atoms with Crippen molar-refractivity contribution in [2.45, 2.75) is 6.92 Å². The third-order valence-electron chi connectivity index (χ3n) is 3.38. The highest BCUT2D eigenvalue weighted by molar-refractivity contribution is 6.34. The highest BCUT2D eigenvalue weighted by Crippen LogP contribution is 2.27. The molecular weight excluding hydrogens is 339 g/mol. The normalized spacial score (nSPS) is 10.8. The number of nitrogens with one attached hydrogen (secondary N) is 1. The summed E-state index contributed by atoms with van der Waals surface area (Å²) in [6.45, 7) is 1.62. The van der Waals surface area contributed by atoms with Crippen LogP contribution < -0.4 is 5.32 Å². The molecule has 1 aromatic carbocycles. The summed E-state index contributed by atoms with van der Waals surface area (Å²) in [6, 6.07) is 6.40. The average molecular weight is 349 g/mol. The van der Waals surface area contributed by atoms with Crippen LogP contribution in [0.5, 0.6) is 0 Å². The maximum absolute atomic E-state index is 13.4. The fourth-order valence-corrected chi connectivity index (χ4v) is 2.53. The maximum atomic E-state index is 13.4. The van der Waals surface area contributed by atoms with Crippen molar-refractivity contribution < 1.29 is 14.1 Å². The topological polar surface area (TPSA) is 89.5 Å². The third kappa shape index (κ3) is 2.79. The van der Waals surface area contributed by atoms with E-state index < -0.39 is 16.6 Å². The molecule has 0 aliphatic heterocycles. The van der Waals surface area contributed by atoms with Gasteiger partial charge in [0.25, 0.3) is 11.6 Å². The minimum absolute atomic E-state index is 0.0233. The summed E-state index contributed by atoms with van der Waals surface area (Å²) >= 11 is 5.96. The Morgan fingerprint density at radius 2 is 2.12 bits per heavy atom. The first-order valence-corrected chi connectivity index (χ1v) is 7.14. The summed E-state index contributed by atoms with van der Waals surface area (Å²) < 4.78 is 14.8. The number of hydrogen-bond acceptors (Lipinski definition) is 4. The van der Waals surface area contributed by atoms with Crippen molar-refractivity contribution in [1.29, 1.82) is 0 Å². The Balaban J connectivity index is 1.97. The van der Waals surface area contributed by atoms with Gasteiger partial charge in [0.1, 0.15) is 17.2 Å². The van der Waals surface area contributed by atoms with E-state index in [1.165, 1.54) is 28.7 Å². The van der Waals surface area contributed by atoms with E-state index in [2.05, 4.69) is 10.3 Å². The third-order valence-corrected chi connectivity index (χ3v) is 3.70. The number of nitro groups is 1. The Morgan fingerprint density at radius 3 is 2.79 bits per heavy atom. The molecule has 0 aliphatic carbocycles. The zero-order chi connectivity index (χ0) is 17.4. The molecule has 0 saturated heterocycles. The van der Waals surface area contributed by atoms with Gasteiger partial charge in [0.2, 0.25) is 0 Å². The molecule has 0 bridgehead atoms. The number of nitrogens with zero attached hydrogens (tertiary/aromatic N) is 3. The minimum atomic E-state index is -0.588. The summed E-state index contributed by atoms with van der Waals surface area (Å²) in [6.07, 6.45) is 1.15. The first-order valence-electron chi connectivity index (χ1n) is 6.76. The van der Waals surface area contributed by atoms with Crippen molar-refractivity contribution in [3.8, 4) is 0 Å². The van der Waals surface area contributed by atoms with Gasteiger partial charge in [0.15, 0.2) is 0 Å². The summed E-state index contributed by atoms with van der Waals surface area (Å²) in [4.78, 5) is 26.8. The Kier molecular flexibility index (Phi) is 3.90. The summed E-state index contributed by atoms with van der Waals surface area (Å²) in [5.74, 6) is -1.07. The second kappa shape index (κ2) is 5.89. The van der Waals surface area contributed by atoms with E-state index in [0.717, 1.165) is 12.3 Å². The van der Waals surface area contributed by atoms with Crippen LogP contribution >= 0.6 is 11.6 Å². The van der Waals surface area contributed by atoms with Gasteiger partial charge < -0.3 is 5.32 Å². The number of rotatable bonds is 3. The zero-order valence-corrected chi connectivity index (χ0v) is 13.0. The molecule has 3 aromatic rings. The van der Waals surface area contributed by atoms with Gasteiger partial charge in [-0.05, 0) is 25.1 Å². The Bertz CT molecular complexity index is 986. The number of halogens is 2. The number of aryl methyl sites for hydroxylation is 1. The lowest BCUT2D eigenvalue weighted by Crippen LogP contribution is -2.16. The van der Waals surface area contributed by atoms with Crippen molar-refractivity contribution in [2.24, 2.45) is 0 Å². The van der Waals surface area contributed by atoms with Crippen LogP contribution in [0.3, 0.4) is 0 Å². The number of non-ortho nitro benzene ring substituents is 1. The lowest BCUT2D eigenvalue weighted by molar-refractivity contribution is -0.384. The molecule has 0 atom stereocenters. The van der Waals surface area contributed by atoms with Crippen LogP contribution in [0.4, 0.5) is 15.8 Å². The standard InChI is InChI=1S/C15H10ClFN4O3/c1-8-14(20-7-9(17)2-5-13(20)18-8)15(22)19-12-4-3-10(21(23)24)6-11(12)16/h2-7H,1H3,(H,19,22). The Hall–Kier alpha value is -3.00. The minimum Gasteiger partial charge on any atom is -0.319 e. The predicted molar refractivity (Wildman–Crippen MR) is 85.9 cm³/mol. The molecule has 0 fully saturated rings. The highest BCUT2D eigenvalue weighted by atomic mass is 35.5. The number of hydrogen-bond donors (Lipinski definition) is 1. The number of nitro benzene ring substituents is 1. The number of anilines is 1. The first-order chi connectivity index (χ1) is 11.4. The SMILES string of the molecule is Cc1nc2ccc(F)cn2c1C(=O)Nc1ccc([N+](=O)[O-])cc1Cl. The van der Waals surface area contributed by atoms with Crippen LogP contribution in [0, 0.1) is 22.9 Å². The van der Waals surface area contributed by atoms with Crippen molar-refractivity contribution in [2.75, 3.05) is 5.32 Å². The molecular formula is C15H10ClFN4O3. The van der Waals surface area contributed by atoms with E-state index in [9.17, 15) is 19.3 Å². The van der Waals surface area contributed by atoms with Crippen LogP contribution in [0.2, 0.25) is 5.02 Å². The molecule has 0 unspecified atom stereocenters. The predicted octanol–water partition coefficient (Wildman–Crippen LogP) is 3.60. The molecule has 24 heavy (non-hydrogen) atoms.